The molecule has 0 spiro atoms. The number of rotatable bonds is 3. The average molecular weight is 191 g/mol. The molecule has 4 nitrogen and oxygen atoms in total. The van der Waals surface area contributed by atoms with Gasteiger partial charge in [0.1, 0.15) is 11.0 Å². The summed E-state index contributed by atoms with van der Waals surface area (Å²) in [4.78, 5) is 11.3. The van der Waals surface area contributed by atoms with Gasteiger partial charge < -0.3 is 4.74 Å². The van der Waals surface area contributed by atoms with Gasteiger partial charge in [0.05, 0.1) is 6.61 Å². The van der Waals surface area contributed by atoms with E-state index in [4.69, 9.17) is 9.88 Å². The van der Waals surface area contributed by atoms with Gasteiger partial charge in [0.2, 0.25) is 0 Å². The van der Waals surface area contributed by atoms with Crippen molar-refractivity contribution in [3.63, 3.8) is 0 Å². The van der Waals surface area contributed by atoms with Crippen LogP contribution in [-0.4, -0.2) is 21.5 Å². The highest BCUT2D eigenvalue weighted by atomic mass is 32.2. The van der Waals surface area contributed by atoms with Crippen LogP contribution in [0.5, 0.6) is 0 Å². The van der Waals surface area contributed by atoms with Crippen molar-refractivity contribution in [1.29, 1.82) is 0 Å². The van der Waals surface area contributed by atoms with Crippen LogP contribution in [0.3, 0.4) is 0 Å². The fourth-order valence-corrected chi connectivity index (χ4v) is 2.16. The number of carbonyl (C=O) groups excluding carboxylic acids is 1. The molecule has 1 aliphatic rings. The van der Waals surface area contributed by atoms with E-state index in [0.717, 1.165) is 6.42 Å². The van der Waals surface area contributed by atoms with E-state index in [1.807, 2.05) is 0 Å². The Hall–Kier alpha value is -0.420. The molecule has 70 valence electrons. The smallest absolute Gasteiger partial charge is 0.326 e. The predicted octanol–water partition coefficient (Wildman–Crippen LogP) is 0.0946. The van der Waals surface area contributed by atoms with E-state index in [2.05, 4.69) is 0 Å². The van der Waals surface area contributed by atoms with Crippen molar-refractivity contribution in [2.75, 3.05) is 6.61 Å². The highest BCUT2D eigenvalue weighted by molar-refractivity contribution is 7.85. The molecule has 1 unspecified atom stereocenters. The number of hydrogen-bond acceptors (Lipinski definition) is 3. The maximum Gasteiger partial charge on any atom is 0.326 e. The summed E-state index contributed by atoms with van der Waals surface area (Å²) in [5.74, 6) is -0.405. The molecule has 0 aliphatic heterocycles. The number of nitrogens with two attached hydrogens (primary N) is 1. The van der Waals surface area contributed by atoms with Crippen LogP contribution in [0, 0.1) is 0 Å². The van der Waals surface area contributed by atoms with E-state index < -0.39 is 21.7 Å². The molecular formula is C7H13NO3S. The molecule has 1 fully saturated rings. The van der Waals surface area contributed by atoms with Crippen LogP contribution in [0.2, 0.25) is 0 Å². The van der Waals surface area contributed by atoms with Crippen LogP contribution in [-0.2, 0) is 20.5 Å². The molecular weight excluding hydrogens is 178 g/mol. The van der Waals surface area contributed by atoms with E-state index in [1.54, 1.807) is 6.92 Å². The Balaban J connectivity index is 2.67. The highest BCUT2D eigenvalue weighted by Crippen LogP contribution is 2.37. The van der Waals surface area contributed by atoms with Crippen LogP contribution < -0.4 is 5.14 Å². The first-order valence-electron chi connectivity index (χ1n) is 3.97. The fraction of sp³-hybridized carbons (Fsp3) is 0.857. The van der Waals surface area contributed by atoms with Crippen molar-refractivity contribution in [3.05, 3.63) is 0 Å². The Morgan fingerprint density at radius 1 is 1.67 bits per heavy atom. The normalized spacial score (nSPS) is 22.5. The van der Waals surface area contributed by atoms with Crippen LogP contribution in [0.15, 0.2) is 0 Å². The summed E-state index contributed by atoms with van der Waals surface area (Å²) < 4.78 is 15.0. The lowest BCUT2D eigenvalue weighted by atomic mass is 9.84. The second-order valence-corrected chi connectivity index (χ2v) is 4.24. The van der Waals surface area contributed by atoms with Gasteiger partial charge in [-0.25, -0.2) is 4.21 Å². The van der Waals surface area contributed by atoms with Crippen LogP contribution in [0.4, 0.5) is 0 Å². The summed E-state index contributed by atoms with van der Waals surface area (Å²) in [6.45, 7) is 2.04. The van der Waals surface area contributed by atoms with Gasteiger partial charge in [-0.1, -0.05) is 0 Å². The topological polar surface area (TPSA) is 69.4 Å². The number of carbonyl (C=O) groups is 1. The Morgan fingerprint density at radius 3 is 2.50 bits per heavy atom. The maximum absolute atomic E-state index is 11.3. The highest BCUT2D eigenvalue weighted by Gasteiger charge is 2.50. The number of hydrogen-bond donors (Lipinski definition) is 1. The summed E-state index contributed by atoms with van der Waals surface area (Å²) in [5.41, 5.74) is 0. The molecule has 0 aromatic heterocycles. The van der Waals surface area contributed by atoms with Crippen molar-refractivity contribution in [3.8, 4) is 0 Å². The number of ether oxygens (including phenoxy) is 1. The molecule has 1 saturated carbocycles. The SMILES string of the molecule is CCOC(=O)C1(S(N)=O)CCC1. The van der Waals surface area contributed by atoms with Gasteiger partial charge in [-0.15, -0.1) is 0 Å². The minimum Gasteiger partial charge on any atom is -0.465 e. The van der Waals surface area contributed by atoms with Gasteiger partial charge >= 0.3 is 5.97 Å². The molecule has 0 saturated heterocycles. The van der Waals surface area contributed by atoms with Crippen LogP contribution >= 0.6 is 0 Å². The Morgan fingerprint density at radius 2 is 2.25 bits per heavy atom. The maximum atomic E-state index is 11.3. The van der Waals surface area contributed by atoms with Crippen molar-refractivity contribution in [1.82, 2.24) is 0 Å². The summed E-state index contributed by atoms with van der Waals surface area (Å²) in [7, 11) is -1.59. The molecule has 0 bridgehead atoms. The second-order valence-electron chi connectivity index (χ2n) is 2.87. The molecule has 1 atom stereocenters. The quantitative estimate of drug-likeness (QED) is 0.643. The molecule has 0 heterocycles. The van der Waals surface area contributed by atoms with Crippen molar-refractivity contribution < 1.29 is 13.7 Å². The summed E-state index contributed by atoms with van der Waals surface area (Å²) in [5, 5.41) is 5.24. The number of esters is 1. The molecule has 1 aliphatic carbocycles. The van der Waals surface area contributed by atoms with Crippen LogP contribution in [0.1, 0.15) is 26.2 Å². The zero-order valence-corrected chi connectivity index (χ0v) is 7.86. The molecule has 0 radical (unpaired) electrons. The summed E-state index contributed by atoms with van der Waals surface area (Å²) in [6, 6.07) is 0. The molecule has 2 N–H and O–H groups in total. The van der Waals surface area contributed by atoms with E-state index >= 15 is 0 Å². The van der Waals surface area contributed by atoms with Gasteiger partial charge in [-0.3, -0.25) is 9.93 Å². The monoisotopic (exact) mass is 191 g/mol. The predicted molar refractivity (Wildman–Crippen MR) is 45.5 cm³/mol. The van der Waals surface area contributed by atoms with E-state index in [-0.39, 0.29) is 0 Å². The molecule has 5 heteroatoms. The Bertz CT molecular complexity index is 213. The largest absolute Gasteiger partial charge is 0.465 e. The average Bonchev–Trinajstić information content (AvgIpc) is 1.83. The standard InChI is InChI=1S/C7H13NO3S/c1-2-11-6(9)7(12(8)10)4-3-5-7/h2-5,8H2,1H3. The zero-order chi connectivity index (χ0) is 9.19. The first kappa shape index (κ1) is 9.67. The molecule has 12 heavy (non-hydrogen) atoms. The van der Waals surface area contributed by atoms with E-state index in [0.29, 0.717) is 19.4 Å². The second kappa shape index (κ2) is 3.53. The molecule has 0 amide bonds. The van der Waals surface area contributed by atoms with Gasteiger partial charge in [0, 0.05) is 0 Å². The van der Waals surface area contributed by atoms with Gasteiger partial charge in [0.15, 0.2) is 4.75 Å². The molecule has 1 rings (SSSR count). The molecule has 0 aromatic rings. The van der Waals surface area contributed by atoms with Crippen molar-refractivity contribution in [2.45, 2.75) is 30.9 Å². The van der Waals surface area contributed by atoms with Gasteiger partial charge in [-0.05, 0) is 26.2 Å². The van der Waals surface area contributed by atoms with E-state index in [1.165, 1.54) is 0 Å². The van der Waals surface area contributed by atoms with E-state index in [9.17, 15) is 9.00 Å². The molecule has 0 aromatic carbocycles. The third kappa shape index (κ3) is 1.38. The lowest BCUT2D eigenvalue weighted by molar-refractivity contribution is -0.148. The lowest BCUT2D eigenvalue weighted by Crippen LogP contribution is -2.52. The first-order valence-corrected chi connectivity index (χ1v) is 5.18. The third-order valence-corrected chi connectivity index (χ3v) is 3.54. The minimum atomic E-state index is -1.59. The Labute approximate surface area is 74.0 Å². The third-order valence-electron chi connectivity index (χ3n) is 2.19. The Kier molecular flexibility index (Phi) is 2.85. The fourth-order valence-electron chi connectivity index (χ4n) is 1.25. The summed E-state index contributed by atoms with van der Waals surface area (Å²) in [6.07, 6.45) is 2.09. The first-order chi connectivity index (χ1) is 5.63. The van der Waals surface area contributed by atoms with Crippen LogP contribution in [0.25, 0.3) is 0 Å². The van der Waals surface area contributed by atoms with Gasteiger partial charge in [0.25, 0.3) is 0 Å². The zero-order valence-electron chi connectivity index (χ0n) is 7.04. The minimum absolute atomic E-state index is 0.317. The lowest BCUT2D eigenvalue weighted by Gasteiger charge is -2.36. The van der Waals surface area contributed by atoms with Gasteiger partial charge in [-0.2, -0.15) is 0 Å². The van der Waals surface area contributed by atoms with Crippen molar-refractivity contribution >= 4 is 17.0 Å². The summed E-state index contributed by atoms with van der Waals surface area (Å²) >= 11 is 0. The van der Waals surface area contributed by atoms with Crippen molar-refractivity contribution in [2.24, 2.45) is 5.14 Å².